The van der Waals surface area contributed by atoms with Crippen LogP contribution in [0.3, 0.4) is 0 Å². The fraction of sp³-hybridized carbons (Fsp3) is 0.556. The lowest BCUT2D eigenvalue weighted by Crippen LogP contribution is -2.48. The highest BCUT2D eigenvalue weighted by atomic mass is 35.5. The second-order valence-corrected chi connectivity index (χ2v) is 6.95. The number of carbonyl (C=O) groups is 2. The van der Waals surface area contributed by atoms with Gasteiger partial charge in [0.2, 0.25) is 5.91 Å². The Morgan fingerprint density at radius 3 is 2.50 bits per heavy atom. The van der Waals surface area contributed by atoms with Gasteiger partial charge in [0, 0.05) is 29.3 Å². The maximum Gasteiger partial charge on any atom is 0.251 e. The van der Waals surface area contributed by atoms with Crippen LogP contribution < -0.4 is 16.4 Å². The Morgan fingerprint density at radius 2 is 1.88 bits per heavy atom. The Labute approximate surface area is 150 Å². The molecule has 2 rings (SSSR count). The highest BCUT2D eigenvalue weighted by molar-refractivity contribution is 5.98. The molecule has 0 atom stereocenters. The Bertz CT molecular complexity index is 569. The predicted molar refractivity (Wildman–Crippen MR) is 99.5 cm³/mol. The monoisotopic (exact) mass is 353 g/mol. The molecule has 6 heteroatoms. The van der Waals surface area contributed by atoms with Crippen LogP contribution >= 0.6 is 12.4 Å². The predicted octanol–water partition coefficient (Wildman–Crippen LogP) is 3.09. The van der Waals surface area contributed by atoms with Crippen LogP contribution in [0.25, 0.3) is 0 Å². The van der Waals surface area contributed by atoms with Gasteiger partial charge in [0.25, 0.3) is 5.91 Å². The summed E-state index contributed by atoms with van der Waals surface area (Å²) < 4.78 is 0. The molecule has 0 spiro atoms. The average Bonchev–Trinajstić information content (AvgIpc) is 2.55. The van der Waals surface area contributed by atoms with Gasteiger partial charge < -0.3 is 16.4 Å². The van der Waals surface area contributed by atoms with Gasteiger partial charge in [0.05, 0.1) is 0 Å². The quantitative estimate of drug-likeness (QED) is 0.760. The number of anilines is 1. The number of rotatable bonds is 5. The molecular weight excluding hydrogens is 326 g/mol. The van der Waals surface area contributed by atoms with E-state index in [1.54, 1.807) is 18.2 Å². The molecule has 0 heterocycles. The van der Waals surface area contributed by atoms with Gasteiger partial charge in [-0.05, 0) is 44.9 Å². The van der Waals surface area contributed by atoms with Crippen molar-refractivity contribution in [2.45, 2.75) is 51.5 Å². The first-order valence-electron chi connectivity index (χ1n) is 8.35. The van der Waals surface area contributed by atoms with Crippen LogP contribution in [0.2, 0.25) is 0 Å². The van der Waals surface area contributed by atoms with E-state index >= 15 is 0 Å². The number of amides is 2. The Balaban J connectivity index is 0.00000288. The Morgan fingerprint density at radius 1 is 1.21 bits per heavy atom. The normalized spacial score (nSPS) is 15.3. The minimum atomic E-state index is -0.460. The third kappa shape index (κ3) is 5.80. The molecule has 1 aromatic carbocycles. The summed E-state index contributed by atoms with van der Waals surface area (Å²) in [5.74, 6) is -0.0313. The summed E-state index contributed by atoms with van der Waals surface area (Å²) in [6.45, 7) is 4.11. The number of nitrogens with two attached hydrogens (primary N) is 1. The average molecular weight is 354 g/mol. The minimum absolute atomic E-state index is 0. The molecule has 1 aliphatic carbocycles. The lowest BCUT2D eigenvalue weighted by molar-refractivity contribution is -0.120. The van der Waals surface area contributed by atoms with Crippen LogP contribution in [0.4, 0.5) is 5.69 Å². The second kappa shape index (κ2) is 9.04. The van der Waals surface area contributed by atoms with E-state index in [0.29, 0.717) is 17.8 Å². The third-order valence-electron chi connectivity index (χ3n) is 4.33. The van der Waals surface area contributed by atoms with Crippen molar-refractivity contribution < 1.29 is 9.59 Å². The number of hydrogen-bond donors (Lipinski definition) is 3. The van der Waals surface area contributed by atoms with Crippen molar-refractivity contribution in [3.8, 4) is 0 Å². The van der Waals surface area contributed by atoms with E-state index < -0.39 is 5.54 Å². The van der Waals surface area contributed by atoms with Crippen molar-refractivity contribution in [3.05, 3.63) is 29.8 Å². The minimum Gasteiger partial charge on any atom is -0.346 e. The molecule has 1 aromatic rings. The zero-order valence-corrected chi connectivity index (χ0v) is 15.2. The molecule has 0 aliphatic heterocycles. The van der Waals surface area contributed by atoms with Crippen LogP contribution in [-0.4, -0.2) is 23.9 Å². The van der Waals surface area contributed by atoms with Crippen molar-refractivity contribution in [1.82, 2.24) is 5.32 Å². The van der Waals surface area contributed by atoms with E-state index in [4.69, 9.17) is 5.73 Å². The van der Waals surface area contributed by atoms with Crippen molar-refractivity contribution in [2.24, 2.45) is 11.7 Å². The highest BCUT2D eigenvalue weighted by Gasteiger charge is 2.22. The standard InChI is InChI=1S/C18H27N3O2.ClH/c1-18(2,12-19)21-17(23)14-9-6-10-15(11-14)20-16(22)13-7-4-3-5-8-13;/h6,9-11,13H,3-5,7-8,12,19H2,1-2H3,(H,20,22)(H,21,23);1H. The first kappa shape index (κ1) is 20.5. The molecule has 0 bridgehead atoms. The topological polar surface area (TPSA) is 84.2 Å². The molecule has 24 heavy (non-hydrogen) atoms. The van der Waals surface area contributed by atoms with Crippen molar-refractivity contribution in [1.29, 1.82) is 0 Å². The van der Waals surface area contributed by atoms with Gasteiger partial charge >= 0.3 is 0 Å². The summed E-state index contributed by atoms with van der Waals surface area (Å²) in [6, 6.07) is 7.03. The molecule has 5 nitrogen and oxygen atoms in total. The summed E-state index contributed by atoms with van der Waals surface area (Å²) in [4.78, 5) is 24.6. The molecule has 134 valence electrons. The summed E-state index contributed by atoms with van der Waals surface area (Å²) in [5.41, 5.74) is 6.37. The number of halogens is 1. The van der Waals surface area contributed by atoms with Crippen molar-refractivity contribution in [3.63, 3.8) is 0 Å². The van der Waals surface area contributed by atoms with Gasteiger partial charge in [-0.2, -0.15) is 0 Å². The largest absolute Gasteiger partial charge is 0.346 e. The molecule has 2 amide bonds. The van der Waals surface area contributed by atoms with Gasteiger partial charge in [-0.15, -0.1) is 12.4 Å². The summed E-state index contributed by atoms with van der Waals surface area (Å²) in [5, 5.41) is 5.83. The summed E-state index contributed by atoms with van der Waals surface area (Å²) in [6.07, 6.45) is 5.37. The molecule has 0 unspecified atom stereocenters. The molecule has 0 radical (unpaired) electrons. The first-order valence-corrected chi connectivity index (χ1v) is 8.35. The number of hydrogen-bond acceptors (Lipinski definition) is 3. The van der Waals surface area contributed by atoms with Gasteiger partial charge in [-0.3, -0.25) is 9.59 Å². The van der Waals surface area contributed by atoms with Crippen LogP contribution in [-0.2, 0) is 4.79 Å². The molecule has 1 aliphatic rings. The van der Waals surface area contributed by atoms with E-state index in [1.807, 2.05) is 19.9 Å². The fourth-order valence-electron chi connectivity index (χ4n) is 2.78. The summed E-state index contributed by atoms with van der Waals surface area (Å²) in [7, 11) is 0. The van der Waals surface area contributed by atoms with E-state index in [9.17, 15) is 9.59 Å². The van der Waals surface area contributed by atoms with Gasteiger partial charge in [0.15, 0.2) is 0 Å². The first-order chi connectivity index (χ1) is 10.9. The highest BCUT2D eigenvalue weighted by Crippen LogP contribution is 2.25. The smallest absolute Gasteiger partial charge is 0.251 e. The van der Waals surface area contributed by atoms with Crippen LogP contribution in [0.5, 0.6) is 0 Å². The van der Waals surface area contributed by atoms with Crippen molar-refractivity contribution >= 4 is 29.9 Å². The zero-order chi connectivity index (χ0) is 16.9. The molecule has 0 aromatic heterocycles. The second-order valence-electron chi connectivity index (χ2n) is 6.95. The Kier molecular flexibility index (Phi) is 7.70. The lowest BCUT2D eigenvalue weighted by Gasteiger charge is -2.24. The maximum atomic E-state index is 12.3. The van der Waals surface area contributed by atoms with Crippen LogP contribution in [0.15, 0.2) is 24.3 Å². The summed E-state index contributed by atoms with van der Waals surface area (Å²) >= 11 is 0. The van der Waals surface area contributed by atoms with Crippen LogP contribution in [0.1, 0.15) is 56.3 Å². The fourth-order valence-corrected chi connectivity index (χ4v) is 2.78. The lowest BCUT2D eigenvalue weighted by atomic mass is 9.88. The number of carbonyl (C=O) groups excluding carboxylic acids is 2. The molecule has 0 saturated heterocycles. The number of benzene rings is 1. The molecule has 1 fully saturated rings. The van der Waals surface area contributed by atoms with Gasteiger partial charge in [-0.25, -0.2) is 0 Å². The van der Waals surface area contributed by atoms with Crippen LogP contribution in [0, 0.1) is 5.92 Å². The molecular formula is C18H28ClN3O2. The van der Waals surface area contributed by atoms with Gasteiger partial charge in [-0.1, -0.05) is 25.3 Å². The number of nitrogens with one attached hydrogen (secondary N) is 2. The van der Waals surface area contributed by atoms with E-state index in [2.05, 4.69) is 10.6 Å². The molecule has 4 N–H and O–H groups in total. The third-order valence-corrected chi connectivity index (χ3v) is 4.33. The maximum absolute atomic E-state index is 12.3. The SMILES string of the molecule is CC(C)(CN)NC(=O)c1cccc(NC(=O)C2CCCCC2)c1.Cl. The van der Waals surface area contributed by atoms with Crippen molar-refractivity contribution in [2.75, 3.05) is 11.9 Å². The Hall–Kier alpha value is -1.59. The van der Waals surface area contributed by atoms with E-state index in [1.165, 1.54) is 6.42 Å². The zero-order valence-electron chi connectivity index (χ0n) is 14.4. The van der Waals surface area contributed by atoms with E-state index in [-0.39, 0.29) is 30.1 Å². The van der Waals surface area contributed by atoms with E-state index in [0.717, 1.165) is 25.7 Å². The molecule has 1 saturated carbocycles. The van der Waals surface area contributed by atoms with Gasteiger partial charge in [0.1, 0.15) is 0 Å².